The minimum absolute atomic E-state index is 0.0528. The van der Waals surface area contributed by atoms with Crippen LogP contribution in [0.25, 0.3) is 0 Å². The number of rotatable bonds is 8. The molecule has 0 spiro atoms. The van der Waals surface area contributed by atoms with E-state index < -0.39 is 0 Å². The zero-order valence-corrected chi connectivity index (χ0v) is 19.4. The summed E-state index contributed by atoms with van der Waals surface area (Å²) in [6.45, 7) is 4.38. The number of thiocarbonyl (C=S) groups is 1. The summed E-state index contributed by atoms with van der Waals surface area (Å²) >= 11 is 5.29. The third-order valence-electron chi connectivity index (χ3n) is 4.68. The minimum Gasteiger partial charge on any atom is -0.491 e. The number of carbonyl (C=O) groups is 2. The Bertz CT molecular complexity index is 1100. The van der Waals surface area contributed by atoms with Crippen LogP contribution in [0.4, 0.5) is 5.69 Å². The molecule has 0 unspecified atom stereocenters. The maximum atomic E-state index is 12.7. The molecular formula is C26H27N3O3S. The highest BCUT2D eigenvalue weighted by Crippen LogP contribution is 2.16. The number of nitrogens with one attached hydrogen (secondary N) is 3. The lowest BCUT2D eigenvalue weighted by atomic mass is 10.1. The molecule has 0 saturated heterocycles. The van der Waals surface area contributed by atoms with E-state index in [1.807, 2.05) is 44.2 Å². The van der Waals surface area contributed by atoms with Crippen molar-refractivity contribution in [1.82, 2.24) is 10.6 Å². The molecule has 3 rings (SSSR count). The molecule has 3 aromatic carbocycles. The molecule has 7 heteroatoms. The van der Waals surface area contributed by atoms with Gasteiger partial charge in [0.2, 0.25) is 0 Å². The Morgan fingerprint density at radius 2 is 1.55 bits per heavy atom. The van der Waals surface area contributed by atoms with E-state index in [9.17, 15) is 9.59 Å². The predicted octanol–water partition coefficient (Wildman–Crippen LogP) is 4.57. The van der Waals surface area contributed by atoms with Crippen LogP contribution in [0.1, 0.15) is 40.1 Å². The quantitative estimate of drug-likeness (QED) is 0.428. The fourth-order valence-electron chi connectivity index (χ4n) is 3.14. The van der Waals surface area contributed by atoms with Gasteiger partial charge in [0, 0.05) is 12.1 Å². The van der Waals surface area contributed by atoms with Gasteiger partial charge in [-0.3, -0.25) is 14.9 Å². The third kappa shape index (κ3) is 7.43. The SMILES string of the molecule is CC(C)Oc1ccc(C(=O)NC(=S)Nc2ccccc2C(=O)NCCc2ccccc2)cc1. The summed E-state index contributed by atoms with van der Waals surface area (Å²) in [7, 11) is 0. The van der Waals surface area contributed by atoms with Crippen molar-refractivity contribution in [2.75, 3.05) is 11.9 Å². The van der Waals surface area contributed by atoms with Crippen LogP contribution < -0.4 is 20.7 Å². The number of ether oxygens (including phenoxy) is 1. The van der Waals surface area contributed by atoms with Crippen molar-refractivity contribution in [2.24, 2.45) is 0 Å². The van der Waals surface area contributed by atoms with Crippen LogP contribution in [0.5, 0.6) is 5.75 Å². The fraction of sp³-hybridized carbons (Fsp3) is 0.192. The van der Waals surface area contributed by atoms with Crippen molar-refractivity contribution in [3.8, 4) is 5.75 Å². The van der Waals surface area contributed by atoms with Gasteiger partial charge < -0.3 is 15.4 Å². The standard InChI is InChI=1S/C26H27N3O3S/c1-18(2)32-21-14-12-20(13-15-21)24(30)29-26(33)28-23-11-7-6-10-22(23)25(31)27-17-16-19-8-4-3-5-9-19/h3-15,18H,16-17H2,1-2H3,(H,27,31)(H2,28,29,30,33). The molecule has 0 bridgehead atoms. The normalized spacial score (nSPS) is 10.4. The van der Waals surface area contributed by atoms with Crippen LogP contribution in [0.2, 0.25) is 0 Å². The molecular weight excluding hydrogens is 434 g/mol. The van der Waals surface area contributed by atoms with Crippen molar-refractivity contribution in [3.05, 3.63) is 95.6 Å². The van der Waals surface area contributed by atoms with Crippen molar-refractivity contribution < 1.29 is 14.3 Å². The number of hydrogen-bond acceptors (Lipinski definition) is 4. The van der Waals surface area contributed by atoms with Crippen molar-refractivity contribution in [2.45, 2.75) is 26.4 Å². The van der Waals surface area contributed by atoms with Crippen LogP contribution in [0.3, 0.4) is 0 Å². The molecule has 0 radical (unpaired) electrons. The highest BCUT2D eigenvalue weighted by Gasteiger charge is 2.13. The first-order chi connectivity index (χ1) is 15.9. The molecule has 2 amide bonds. The summed E-state index contributed by atoms with van der Waals surface area (Å²) in [6, 6.07) is 23.8. The van der Waals surface area contributed by atoms with Crippen LogP contribution >= 0.6 is 12.2 Å². The summed E-state index contributed by atoms with van der Waals surface area (Å²) in [6.07, 6.45) is 0.787. The Kier molecular flexibility index (Phi) is 8.55. The molecule has 0 aliphatic carbocycles. The molecule has 33 heavy (non-hydrogen) atoms. The summed E-state index contributed by atoms with van der Waals surface area (Å²) < 4.78 is 5.59. The molecule has 170 valence electrons. The Morgan fingerprint density at radius 1 is 0.879 bits per heavy atom. The maximum Gasteiger partial charge on any atom is 0.257 e. The van der Waals surface area contributed by atoms with E-state index >= 15 is 0 Å². The van der Waals surface area contributed by atoms with E-state index in [-0.39, 0.29) is 23.0 Å². The number of anilines is 1. The maximum absolute atomic E-state index is 12.7. The zero-order chi connectivity index (χ0) is 23.6. The van der Waals surface area contributed by atoms with Crippen LogP contribution in [-0.4, -0.2) is 29.6 Å². The highest BCUT2D eigenvalue weighted by atomic mass is 32.1. The monoisotopic (exact) mass is 461 g/mol. The summed E-state index contributed by atoms with van der Waals surface area (Å²) in [5, 5.41) is 8.62. The largest absolute Gasteiger partial charge is 0.491 e. The molecule has 6 nitrogen and oxygen atoms in total. The van der Waals surface area contributed by atoms with Gasteiger partial charge in [-0.2, -0.15) is 0 Å². The third-order valence-corrected chi connectivity index (χ3v) is 4.88. The first-order valence-corrected chi connectivity index (χ1v) is 11.1. The average molecular weight is 462 g/mol. The first-order valence-electron chi connectivity index (χ1n) is 10.7. The number of para-hydroxylation sites is 1. The molecule has 0 aliphatic rings. The molecule has 0 heterocycles. The van der Waals surface area contributed by atoms with E-state index in [1.165, 1.54) is 0 Å². The molecule has 3 aromatic rings. The van der Waals surface area contributed by atoms with Gasteiger partial charge in [-0.1, -0.05) is 42.5 Å². The van der Waals surface area contributed by atoms with E-state index in [1.54, 1.807) is 48.5 Å². The van der Waals surface area contributed by atoms with Gasteiger partial charge in [0.25, 0.3) is 11.8 Å². The summed E-state index contributed by atoms with van der Waals surface area (Å²) in [5.74, 6) is 0.117. The molecule has 0 aliphatic heterocycles. The van der Waals surface area contributed by atoms with Crippen molar-refractivity contribution in [1.29, 1.82) is 0 Å². The van der Waals surface area contributed by atoms with Crippen molar-refractivity contribution in [3.63, 3.8) is 0 Å². The number of benzene rings is 3. The predicted molar refractivity (Wildman–Crippen MR) is 135 cm³/mol. The van der Waals surface area contributed by atoms with Gasteiger partial charge >= 0.3 is 0 Å². The number of hydrogen-bond donors (Lipinski definition) is 3. The highest BCUT2D eigenvalue weighted by molar-refractivity contribution is 7.80. The summed E-state index contributed by atoms with van der Waals surface area (Å²) in [4.78, 5) is 25.2. The Labute approximate surface area is 199 Å². The van der Waals surface area contributed by atoms with Crippen LogP contribution in [0, 0.1) is 0 Å². The van der Waals surface area contributed by atoms with E-state index in [0.717, 1.165) is 12.0 Å². The molecule has 0 aromatic heterocycles. The topological polar surface area (TPSA) is 79.5 Å². The van der Waals surface area contributed by atoms with E-state index in [4.69, 9.17) is 17.0 Å². The second-order valence-corrected chi connectivity index (χ2v) is 8.04. The Hall–Kier alpha value is -3.71. The van der Waals surface area contributed by atoms with Gasteiger partial charge in [-0.15, -0.1) is 0 Å². The molecule has 0 fully saturated rings. The Morgan fingerprint density at radius 3 is 2.24 bits per heavy atom. The Balaban J connectivity index is 1.56. The van der Waals surface area contributed by atoms with Gasteiger partial charge in [0.1, 0.15) is 5.75 Å². The average Bonchev–Trinajstić information content (AvgIpc) is 2.80. The first kappa shape index (κ1) is 23.9. The van der Waals surface area contributed by atoms with E-state index in [2.05, 4.69) is 16.0 Å². The zero-order valence-electron chi connectivity index (χ0n) is 18.6. The fourth-order valence-corrected chi connectivity index (χ4v) is 3.34. The summed E-state index contributed by atoms with van der Waals surface area (Å²) in [5.41, 5.74) is 2.55. The van der Waals surface area contributed by atoms with Gasteiger partial charge in [0.05, 0.1) is 17.4 Å². The lowest BCUT2D eigenvalue weighted by Gasteiger charge is -2.14. The second-order valence-electron chi connectivity index (χ2n) is 7.64. The lowest BCUT2D eigenvalue weighted by Crippen LogP contribution is -2.35. The minimum atomic E-state index is -0.353. The molecule has 3 N–H and O–H groups in total. The van der Waals surface area contributed by atoms with E-state index in [0.29, 0.717) is 29.1 Å². The lowest BCUT2D eigenvalue weighted by molar-refractivity contribution is 0.0953. The molecule has 0 atom stereocenters. The van der Waals surface area contributed by atoms with Crippen LogP contribution in [0.15, 0.2) is 78.9 Å². The van der Waals surface area contributed by atoms with Gasteiger partial charge in [-0.05, 0) is 74.4 Å². The number of amides is 2. The number of carbonyl (C=O) groups excluding carboxylic acids is 2. The van der Waals surface area contributed by atoms with Gasteiger partial charge in [-0.25, -0.2) is 0 Å². The second kappa shape index (κ2) is 11.8. The van der Waals surface area contributed by atoms with Gasteiger partial charge in [0.15, 0.2) is 5.11 Å². The molecule has 0 saturated carbocycles. The smallest absolute Gasteiger partial charge is 0.257 e. The van der Waals surface area contributed by atoms with Crippen molar-refractivity contribution >= 4 is 34.8 Å². The van der Waals surface area contributed by atoms with Crippen LogP contribution in [-0.2, 0) is 6.42 Å².